The van der Waals surface area contributed by atoms with Crippen LogP contribution in [0, 0.1) is 0 Å². The first-order valence-electron chi connectivity index (χ1n) is 30.6. The fourth-order valence-electron chi connectivity index (χ4n) is 12.1. The zero-order valence-electron chi connectivity index (χ0n) is 52.3. The molecule has 0 fully saturated rings. The van der Waals surface area contributed by atoms with Crippen LogP contribution < -0.4 is 24.2 Å². The van der Waals surface area contributed by atoms with E-state index in [9.17, 15) is 0 Å². The van der Waals surface area contributed by atoms with Crippen LogP contribution in [-0.4, -0.2) is 0 Å². The van der Waals surface area contributed by atoms with E-state index in [2.05, 4.69) is 347 Å². The molecule has 11 aromatic rings. The van der Waals surface area contributed by atoms with Gasteiger partial charge in [-0.25, -0.2) is 0 Å². The highest BCUT2D eigenvalue weighted by atomic mass is 16.5. The van der Waals surface area contributed by atoms with Crippen molar-refractivity contribution in [3.05, 3.63) is 271 Å². The standard InChI is InChI=1S/C82H77N3O2/c1-79(2,3)62-30-18-54(19-31-62)58-26-46-71-75(50-58)86-77-52-60(28-48-73(77)84(71)69-42-34-64(35-43-69)81(7,8)9)56-22-38-67(39-23-56)83(66-16-14-13-15-17-66)68-40-24-57(25-41-68)61-29-49-74-78(53-61)87-76-51-59(55-20-32-63(33-21-55)80(4,5)6)27-47-72(76)85(74)70-44-36-65(37-45-70)82(10,11)12/h13-53H,1-12H3. The second-order valence-corrected chi connectivity index (χ2v) is 27.6. The smallest absolute Gasteiger partial charge is 0.152 e. The molecule has 0 aromatic heterocycles. The summed E-state index contributed by atoms with van der Waals surface area (Å²) in [7, 11) is 0. The van der Waals surface area contributed by atoms with Crippen molar-refractivity contribution in [1.29, 1.82) is 0 Å². The Labute approximate surface area is 515 Å². The number of hydrogen-bond donors (Lipinski definition) is 0. The summed E-state index contributed by atoms with van der Waals surface area (Å²) in [5.41, 5.74) is 23.7. The molecule has 0 spiro atoms. The van der Waals surface area contributed by atoms with E-state index in [-0.39, 0.29) is 21.7 Å². The quantitative estimate of drug-likeness (QED) is 0.144. The van der Waals surface area contributed by atoms with Gasteiger partial charge >= 0.3 is 0 Å². The third-order valence-corrected chi connectivity index (χ3v) is 17.3. The van der Waals surface area contributed by atoms with E-state index < -0.39 is 0 Å². The molecule has 5 heteroatoms. The van der Waals surface area contributed by atoms with Gasteiger partial charge in [0.2, 0.25) is 0 Å². The van der Waals surface area contributed by atoms with Crippen molar-refractivity contribution in [2.24, 2.45) is 0 Å². The normalized spacial score (nSPS) is 13.0. The molecule has 432 valence electrons. The lowest BCUT2D eigenvalue weighted by Gasteiger charge is -2.34. The van der Waals surface area contributed by atoms with Crippen molar-refractivity contribution in [2.75, 3.05) is 14.7 Å². The molecule has 2 aliphatic rings. The van der Waals surface area contributed by atoms with Gasteiger partial charge in [-0.05, 0) is 198 Å². The molecule has 0 bridgehead atoms. The first kappa shape index (κ1) is 56.5. The Morgan fingerprint density at radius 3 is 0.736 bits per heavy atom. The summed E-state index contributed by atoms with van der Waals surface area (Å²) in [6.45, 7) is 27.1. The van der Waals surface area contributed by atoms with Gasteiger partial charge in [-0.15, -0.1) is 0 Å². The molecular formula is C82H77N3O2. The summed E-state index contributed by atoms with van der Waals surface area (Å²) in [5, 5.41) is 0. The van der Waals surface area contributed by atoms with E-state index in [0.717, 1.165) is 119 Å². The van der Waals surface area contributed by atoms with Gasteiger partial charge in [-0.3, -0.25) is 0 Å². The maximum Gasteiger partial charge on any atom is 0.152 e. The molecule has 13 rings (SSSR count). The maximum atomic E-state index is 6.98. The summed E-state index contributed by atoms with van der Waals surface area (Å²) >= 11 is 0. The molecule has 0 saturated heterocycles. The third-order valence-electron chi connectivity index (χ3n) is 17.3. The molecule has 87 heavy (non-hydrogen) atoms. The summed E-state index contributed by atoms with van der Waals surface area (Å²) in [4.78, 5) is 7.00. The van der Waals surface area contributed by atoms with Gasteiger partial charge in [0.25, 0.3) is 0 Å². The number of nitrogens with zero attached hydrogens (tertiary/aromatic N) is 3. The van der Waals surface area contributed by atoms with Crippen LogP contribution in [0.2, 0.25) is 0 Å². The molecule has 2 aliphatic heterocycles. The lowest BCUT2D eigenvalue weighted by molar-refractivity contribution is 0.477. The summed E-state index contributed by atoms with van der Waals surface area (Å²) < 4.78 is 14.0. The number of benzene rings is 11. The van der Waals surface area contributed by atoms with E-state index in [1.807, 2.05) is 0 Å². The zero-order chi connectivity index (χ0) is 60.6. The van der Waals surface area contributed by atoms with E-state index in [4.69, 9.17) is 9.47 Å². The minimum Gasteiger partial charge on any atom is -0.453 e. The zero-order valence-corrected chi connectivity index (χ0v) is 52.3. The Bertz CT molecular complexity index is 4050. The Kier molecular flexibility index (Phi) is 14.1. The number of ether oxygens (including phenoxy) is 2. The van der Waals surface area contributed by atoms with Crippen LogP contribution in [0.25, 0.3) is 44.5 Å². The van der Waals surface area contributed by atoms with Gasteiger partial charge < -0.3 is 24.2 Å². The molecule has 0 unspecified atom stereocenters. The predicted molar refractivity (Wildman–Crippen MR) is 367 cm³/mol. The van der Waals surface area contributed by atoms with E-state index in [0.29, 0.717) is 0 Å². The van der Waals surface area contributed by atoms with Crippen molar-refractivity contribution >= 4 is 51.2 Å². The summed E-state index contributed by atoms with van der Waals surface area (Å²) in [6, 6.07) is 90.7. The number of hydrogen-bond acceptors (Lipinski definition) is 5. The first-order valence-corrected chi connectivity index (χ1v) is 30.6. The number of rotatable bonds is 9. The lowest BCUT2D eigenvalue weighted by atomic mass is 9.86. The van der Waals surface area contributed by atoms with Crippen LogP contribution in [-0.2, 0) is 21.7 Å². The molecule has 0 amide bonds. The molecule has 0 saturated carbocycles. The summed E-state index contributed by atoms with van der Waals surface area (Å²) in [6.07, 6.45) is 0. The number of fused-ring (bicyclic) bond motifs is 4. The minimum atomic E-state index is 0.0374. The molecule has 0 radical (unpaired) electrons. The van der Waals surface area contributed by atoms with Gasteiger partial charge in [0.05, 0.1) is 22.7 Å². The second-order valence-electron chi connectivity index (χ2n) is 27.6. The molecular weight excluding hydrogens is 1060 g/mol. The molecule has 11 aromatic carbocycles. The Morgan fingerprint density at radius 2 is 0.471 bits per heavy atom. The number of anilines is 9. The van der Waals surface area contributed by atoms with Gasteiger partial charge in [0.15, 0.2) is 23.0 Å². The SMILES string of the molecule is CC(C)(C)c1ccc(-c2ccc3c(c2)Oc2cc(-c4ccc(N(c5ccccc5)c5ccc(-c6ccc7c(c6)Oc6cc(-c8ccc(C(C)(C)C)cc8)ccc6N7c6ccc(C(C)(C)C)cc6)cc5)cc4)ccc2N3c2ccc(C(C)(C)C)cc2)cc1. The predicted octanol–water partition coefficient (Wildman–Crippen LogP) is 24.2. The highest BCUT2D eigenvalue weighted by Gasteiger charge is 2.30. The average molecular weight is 1140 g/mol. The lowest BCUT2D eigenvalue weighted by Crippen LogP contribution is -2.17. The van der Waals surface area contributed by atoms with Crippen LogP contribution in [0.4, 0.5) is 51.2 Å². The molecule has 2 heterocycles. The van der Waals surface area contributed by atoms with Crippen molar-refractivity contribution in [2.45, 2.75) is 105 Å². The van der Waals surface area contributed by atoms with Crippen molar-refractivity contribution < 1.29 is 9.47 Å². The van der Waals surface area contributed by atoms with Gasteiger partial charge in [0, 0.05) is 28.4 Å². The summed E-state index contributed by atoms with van der Waals surface area (Å²) in [5.74, 6) is 3.25. The van der Waals surface area contributed by atoms with Gasteiger partial charge in [0.1, 0.15) is 0 Å². The van der Waals surface area contributed by atoms with Crippen molar-refractivity contribution in [3.8, 4) is 67.5 Å². The topological polar surface area (TPSA) is 28.2 Å². The van der Waals surface area contributed by atoms with Gasteiger partial charge in [-0.2, -0.15) is 0 Å². The van der Waals surface area contributed by atoms with Crippen LogP contribution in [0.5, 0.6) is 23.0 Å². The highest BCUT2D eigenvalue weighted by Crippen LogP contribution is 2.55. The van der Waals surface area contributed by atoms with Gasteiger partial charge in [-0.1, -0.05) is 223 Å². The van der Waals surface area contributed by atoms with Crippen molar-refractivity contribution in [1.82, 2.24) is 0 Å². The third kappa shape index (κ3) is 11.2. The largest absolute Gasteiger partial charge is 0.453 e. The van der Waals surface area contributed by atoms with E-state index in [1.54, 1.807) is 0 Å². The van der Waals surface area contributed by atoms with Crippen LogP contribution in [0.3, 0.4) is 0 Å². The highest BCUT2D eigenvalue weighted by molar-refractivity contribution is 5.92. The fraction of sp³-hybridized carbons (Fsp3) is 0.195. The second kappa shape index (κ2) is 21.7. The Hall–Kier alpha value is -9.58. The monoisotopic (exact) mass is 1140 g/mol. The minimum absolute atomic E-state index is 0.0374. The molecule has 0 aliphatic carbocycles. The Morgan fingerprint density at radius 1 is 0.241 bits per heavy atom. The Balaban J connectivity index is 0.806. The first-order chi connectivity index (χ1) is 41.6. The van der Waals surface area contributed by atoms with E-state index in [1.165, 1.54) is 22.3 Å². The average Bonchev–Trinajstić information content (AvgIpc) is 0.826. The van der Waals surface area contributed by atoms with E-state index >= 15 is 0 Å². The van der Waals surface area contributed by atoms with Crippen LogP contribution in [0.1, 0.15) is 105 Å². The molecule has 5 nitrogen and oxygen atoms in total. The van der Waals surface area contributed by atoms with Crippen LogP contribution in [0.15, 0.2) is 249 Å². The fourth-order valence-corrected chi connectivity index (χ4v) is 12.1. The molecule has 0 atom stereocenters. The number of para-hydroxylation sites is 1. The van der Waals surface area contributed by atoms with Crippen molar-refractivity contribution in [3.63, 3.8) is 0 Å². The molecule has 0 N–H and O–H groups in total. The van der Waals surface area contributed by atoms with Crippen LogP contribution >= 0.6 is 0 Å². The maximum absolute atomic E-state index is 6.98.